The van der Waals surface area contributed by atoms with E-state index in [1.54, 1.807) is 20.8 Å². The molecule has 0 aromatic carbocycles. The van der Waals surface area contributed by atoms with E-state index >= 15 is 0 Å². The van der Waals surface area contributed by atoms with Crippen LogP contribution in [0, 0.1) is 0 Å². The van der Waals surface area contributed by atoms with Crippen molar-refractivity contribution < 1.29 is 14.3 Å². The average molecular weight is 213 g/mol. The molecular formula is C11H19NO3. The molecule has 0 saturated carbocycles. The van der Waals surface area contributed by atoms with Crippen LogP contribution in [0.1, 0.15) is 46.5 Å². The summed E-state index contributed by atoms with van der Waals surface area (Å²) < 4.78 is 5.17. The van der Waals surface area contributed by atoms with E-state index in [0.29, 0.717) is 13.0 Å². The van der Waals surface area contributed by atoms with Crippen LogP contribution in [0.25, 0.3) is 0 Å². The van der Waals surface area contributed by atoms with Gasteiger partial charge in [-0.05, 0) is 33.6 Å². The minimum atomic E-state index is -0.538. The molecule has 0 unspecified atom stereocenters. The Hall–Kier alpha value is -1.06. The quantitative estimate of drug-likeness (QED) is 0.620. The molecule has 0 radical (unpaired) electrons. The van der Waals surface area contributed by atoms with Crippen molar-refractivity contribution in [1.29, 1.82) is 0 Å². The minimum absolute atomic E-state index is 0.109. The first-order chi connectivity index (χ1) is 6.90. The second-order valence-corrected chi connectivity index (χ2v) is 4.84. The number of likely N-dealkylation sites (tertiary alicyclic amines) is 1. The molecule has 0 N–H and O–H groups in total. The van der Waals surface area contributed by atoms with Gasteiger partial charge in [0.15, 0.2) is 0 Å². The van der Waals surface area contributed by atoms with Crippen molar-refractivity contribution >= 4 is 12.0 Å². The maximum Gasteiger partial charge on any atom is 0.417 e. The van der Waals surface area contributed by atoms with Crippen LogP contribution in [0.4, 0.5) is 4.79 Å². The highest BCUT2D eigenvalue weighted by atomic mass is 16.6. The van der Waals surface area contributed by atoms with E-state index in [1.165, 1.54) is 4.90 Å². The zero-order chi connectivity index (χ0) is 11.5. The Morgan fingerprint density at radius 1 is 1.27 bits per heavy atom. The molecule has 1 heterocycles. The molecule has 4 nitrogen and oxygen atoms in total. The van der Waals surface area contributed by atoms with Crippen molar-refractivity contribution in [3.8, 4) is 0 Å². The molecule has 1 saturated heterocycles. The number of hydrogen-bond donors (Lipinski definition) is 0. The van der Waals surface area contributed by atoms with E-state index in [1.807, 2.05) is 0 Å². The van der Waals surface area contributed by atoms with Gasteiger partial charge >= 0.3 is 6.09 Å². The van der Waals surface area contributed by atoms with Crippen LogP contribution in [0.2, 0.25) is 0 Å². The van der Waals surface area contributed by atoms with Gasteiger partial charge in [0.1, 0.15) is 5.60 Å². The van der Waals surface area contributed by atoms with Crippen molar-refractivity contribution in [2.75, 3.05) is 6.54 Å². The zero-order valence-electron chi connectivity index (χ0n) is 9.71. The van der Waals surface area contributed by atoms with Crippen molar-refractivity contribution in [2.24, 2.45) is 0 Å². The van der Waals surface area contributed by atoms with Crippen LogP contribution in [0.15, 0.2) is 0 Å². The second kappa shape index (κ2) is 4.64. The van der Waals surface area contributed by atoms with Gasteiger partial charge in [0.2, 0.25) is 5.91 Å². The van der Waals surface area contributed by atoms with E-state index < -0.39 is 11.7 Å². The molecule has 0 aliphatic carbocycles. The first kappa shape index (κ1) is 12.0. The third-order valence-electron chi connectivity index (χ3n) is 2.19. The van der Waals surface area contributed by atoms with Crippen molar-refractivity contribution in [3.05, 3.63) is 0 Å². The van der Waals surface area contributed by atoms with Gasteiger partial charge in [-0.1, -0.05) is 6.42 Å². The minimum Gasteiger partial charge on any atom is -0.443 e. The van der Waals surface area contributed by atoms with Gasteiger partial charge in [0.25, 0.3) is 0 Å². The Kier molecular flexibility index (Phi) is 3.72. The smallest absolute Gasteiger partial charge is 0.417 e. The number of nitrogens with zero attached hydrogens (tertiary/aromatic N) is 1. The van der Waals surface area contributed by atoms with Gasteiger partial charge in [0, 0.05) is 13.0 Å². The Balaban J connectivity index is 2.60. The predicted molar refractivity (Wildman–Crippen MR) is 56.4 cm³/mol. The van der Waals surface area contributed by atoms with Gasteiger partial charge in [-0.3, -0.25) is 4.79 Å². The first-order valence-electron chi connectivity index (χ1n) is 5.43. The number of ether oxygens (including phenoxy) is 1. The lowest BCUT2D eigenvalue weighted by molar-refractivity contribution is -0.129. The molecule has 1 rings (SSSR count). The Morgan fingerprint density at radius 3 is 2.53 bits per heavy atom. The fourth-order valence-corrected chi connectivity index (χ4v) is 1.49. The van der Waals surface area contributed by atoms with Crippen LogP contribution in [0.5, 0.6) is 0 Å². The molecule has 0 spiro atoms. The predicted octanol–water partition coefficient (Wildman–Crippen LogP) is 2.32. The summed E-state index contributed by atoms with van der Waals surface area (Å²) in [5.41, 5.74) is -0.538. The third-order valence-corrected chi connectivity index (χ3v) is 2.19. The van der Waals surface area contributed by atoms with E-state index in [0.717, 1.165) is 19.3 Å². The first-order valence-corrected chi connectivity index (χ1v) is 5.43. The van der Waals surface area contributed by atoms with E-state index in [9.17, 15) is 9.59 Å². The third kappa shape index (κ3) is 3.90. The number of amides is 2. The fourth-order valence-electron chi connectivity index (χ4n) is 1.49. The molecule has 0 aromatic heterocycles. The highest BCUT2D eigenvalue weighted by Gasteiger charge is 2.27. The zero-order valence-corrected chi connectivity index (χ0v) is 9.71. The molecule has 0 atom stereocenters. The maximum absolute atomic E-state index is 11.7. The number of carbonyl (C=O) groups excluding carboxylic acids is 2. The summed E-state index contributed by atoms with van der Waals surface area (Å²) >= 11 is 0. The molecule has 1 fully saturated rings. The van der Waals surface area contributed by atoms with E-state index in [4.69, 9.17) is 4.74 Å². The molecule has 1 aliphatic rings. The molecule has 4 heteroatoms. The topological polar surface area (TPSA) is 46.6 Å². The SMILES string of the molecule is CC(C)(C)OC(=O)N1CCCCCC1=O. The lowest BCUT2D eigenvalue weighted by Gasteiger charge is -2.25. The summed E-state index contributed by atoms with van der Waals surface area (Å²) in [7, 11) is 0. The maximum atomic E-state index is 11.7. The molecule has 86 valence electrons. The Labute approximate surface area is 90.6 Å². The summed E-state index contributed by atoms with van der Waals surface area (Å²) in [6.07, 6.45) is 2.71. The number of carbonyl (C=O) groups is 2. The Morgan fingerprint density at radius 2 is 1.93 bits per heavy atom. The van der Waals surface area contributed by atoms with Crippen molar-refractivity contribution in [1.82, 2.24) is 4.90 Å². The van der Waals surface area contributed by atoms with Gasteiger partial charge in [-0.2, -0.15) is 0 Å². The summed E-state index contributed by atoms with van der Waals surface area (Å²) in [6.45, 7) is 5.89. The molecule has 0 aromatic rings. The van der Waals surface area contributed by atoms with Crippen LogP contribution >= 0.6 is 0 Å². The summed E-state index contributed by atoms with van der Waals surface area (Å²) in [6, 6.07) is 0. The fraction of sp³-hybridized carbons (Fsp3) is 0.818. The van der Waals surface area contributed by atoms with E-state index in [2.05, 4.69) is 0 Å². The van der Waals surface area contributed by atoms with Gasteiger partial charge in [-0.25, -0.2) is 9.69 Å². The van der Waals surface area contributed by atoms with Crippen molar-refractivity contribution in [3.63, 3.8) is 0 Å². The molecule has 1 aliphatic heterocycles. The second-order valence-electron chi connectivity index (χ2n) is 4.84. The normalized spacial score (nSPS) is 18.6. The van der Waals surface area contributed by atoms with Crippen LogP contribution < -0.4 is 0 Å². The highest BCUT2D eigenvalue weighted by Crippen LogP contribution is 2.15. The van der Waals surface area contributed by atoms with Gasteiger partial charge in [0.05, 0.1) is 0 Å². The monoisotopic (exact) mass is 213 g/mol. The number of hydrogen-bond acceptors (Lipinski definition) is 3. The summed E-state index contributed by atoms with van der Waals surface area (Å²) in [4.78, 5) is 24.5. The van der Waals surface area contributed by atoms with Crippen LogP contribution in [0.3, 0.4) is 0 Å². The summed E-state index contributed by atoms with van der Waals surface area (Å²) in [5, 5.41) is 0. The van der Waals surface area contributed by atoms with Crippen LogP contribution in [-0.4, -0.2) is 29.0 Å². The molecule has 0 bridgehead atoms. The van der Waals surface area contributed by atoms with Crippen molar-refractivity contribution in [2.45, 2.75) is 52.1 Å². The van der Waals surface area contributed by atoms with Crippen LogP contribution in [-0.2, 0) is 9.53 Å². The molecular weight excluding hydrogens is 194 g/mol. The standard InChI is InChI=1S/C11H19NO3/c1-11(2,3)15-10(14)12-8-6-4-5-7-9(12)13/h4-8H2,1-3H3. The van der Waals surface area contributed by atoms with E-state index in [-0.39, 0.29) is 5.91 Å². The van der Waals surface area contributed by atoms with Gasteiger partial charge in [-0.15, -0.1) is 0 Å². The van der Waals surface area contributed by atoms with Gasteiger partial charge < -0.3 is 4.74 Å². The lowest BCUT2D eigenvalue weighted by Crippen LogP contribution is -2.40. The Bertz CT molecular complexity index is 255. The number of imide groups is 1. The number of rotatable bonds is 0. The molecule has 15 heavy (non-hydrogen) atoms. The summed E-state index contributed by atoms with van der Waals surface area (Å²) in [5.74, 6) is -0.109. The average Bonchev–Trinajstić information content (AvgIpc) is 2.26. The largest absolute Gasteiger partial charge is 0.443 e. The lowest BCUT2D eigenvalue weighted by atomic mass is 10.2. The highest BCUT2D eigenvalue weighted by molar-refractivity contribution is 5.92. The molecule has 2 amide bonds.